The number of halogens is 1. The van der Waals surface area contributed by atoms with Gasteiger partial charge in [-0.25, -0.2) is 14.4 Å². The molecule has 3 heterocycles. The number of fused-ring (bicyclic) bond motifs is 2. The number of pyridine rings is 2. The highest BCUT2D eigenvalue weighted by molar-refractivity contribution is 8.12. The first-order valence-corrected chi connectivity index (χ1v) is 13.8. The van der Waals surface area contributed by atoms with E-state index in [0.717, 1.165) is 29.8 Å². The molecule has 212 valence electrons. The number of ether oxygens (including phenoxy) is 2. The standard InChI is InChI=1S/C29H35FN6O3S/c1-7-36(6)16-38-15-19-10-9-18(14-22(19)30)23-13-12-21-24(29(3,4)27(37)35-28(31)40-32-5)20-11-8-17(2)33-25(20)39-26(21)34-23/h8-14,24,32H,7,15-16H2,1-6H3,(H2,31,35,37). The average molecular weight is 567 g/mol. The van der Waals surface area contributed by atoms with Crippen LogP contribution in [0.5, 0.6) is 11.8 Å². The zero-order valence-electron chi connectivity index (χ0n) is 23.6. The van der Waals surface area contributed by atoms with Crippen molar-refractivity contribution in [3.63, 3.8) is 0 Å². The van der Waals surface area contributed by atoms with Crippen molar-refractivity contribution in [2.24, 2.45) is 16.1 Å². The predicted molar refractivity (Wildman–Crippen MR) is 156 cm³/mol. The van der Waals surface area contributed by atoms with E-state index in [4.69, 9.17) is 20.2 Å². The normalized spacial score (nSPS) is 15.0. The van der Waals surface area contributed by atoms with Crippen LogP contribution in [0.2, 0.25) is 0 Å². The summed E-state index contributed by atoms with van der Waals surface area (Å²) in [6, 6.07) is 12.4. The third-order valence-electron chi connectivity index (χ3n) is 6.88. The Hall–Kier alpha value is -3.38. The highest BCUT2D eigenvalue weighted by Gasteiger charge is 2.44. The SMILES string of the molecule is CCN(C)COCc1ccc(-c2ccc3c(n2)Oc2nc(C)ccc2C3C(C)(C)C(=O)N=C(N)SNC)cc1F. The van der Waals surface area contributed by atoms with Crippen LogP contribution in [-0.4, -0.2) is 53.3 Å². The molecule has 2 aromatic heterocycles. The Bertz CT molecular complexity index is 1430. The number of hydrogen-bond acceptors (Lipinski definition) is 8. The number of rotatable bonds is 9. The zero-order valence-corrected chi connectivity index (χ0v) is 24.4. The molecule has 0 saturated carbocycles. The van der Waals surface area contributed by atoms with Crippen LogP contribution in [0.1, 0.15) is 49.1 Å². The number of aryl methyl sites for hydroxylation is 1. The van der Waals surface area contributed by atoms with E-state index in [-0.39, 0.29) is 23.5 Å². The van der Waals surface area contributed by atoms with Gasteiger partial charge in [0.05, 0.1) is 24.4 Å². The molecule has 9 nitrogen and oxygen atoms in total. The Morgan fingerprint density at radius 3 is 2.58 bits per heavy atom. The second-order valence-electron chi connectivity index (χ2n) is 10.2. The fourth-order valence-corrected chi connectivity index (χ4v) is 4.85. The molecule has 0 saturated heterocycles. The van der Waals surface area contributed by atoms with Crippen molar-refractivity contribution < 1.29 is 18.7 Å². The summed E-state index contributed by atoms with van der Waals surface area (Å²) in [5, 5.41) is 0.122. The van der Waals surface area contributed by atoms with Gasteiger partial charge in [-0.1, -0.05) is 45.0 Å². The molecule has 0 spiro atoms. The number of amidine groups is 1. The molecule has 0 aliphatic carbocycles. The largest absolute Gasteiger partial charge is 0.420 e. The molecule has 0 radical (unpaired) electrons. The third kappa shape index (κ3) is 6.33. The average Bonchev–Trinajstić information content (AvgIpc) is 2.91. The number of aromatic nitrogens is 2. The Kier molecular flexibility index (Phi) is 9.19. The van der Waals surface area contributed by atoms with Crippen molar-refractivity contribution in [2.75, 3.05) is 27.4 Å². The number of amides is 1. The van der Waals surface area contributed by atoms with Gasteiger partial charge >= 0.3 is 0 Å². The van der Waals surface area contributed by atoms with Crippen LogP contribution in [0, 0.1) is 18.2 Å². The van der Waals surface area contributed by atoms with Crippen molar-refractivity contribution in [3.8, 4) is 23.0 Å². The molecule has 1 unspecified atom stereocenters. The second kappa shape index (κ2) is 12.4. The van der Waals surface area contributed by atoms with Crippen molar-refractivity contribution in [3.05, 3.63) is 70.7 Å². The number of aliphatic imine (C=N–C) groups is 1. The first-order chi connectivity index (χ1) is 19.0. The molecule has 1 amide bonds. The predicted octanol–water partition coefficient (Wildman–Crippen LogP) is 4.99. The fourth-order valence-electron chi connectivity index (χ4n) is 4.52. The van der Waals surface area contributed by atoms with Crippen LogP contribution in [0.15, 0.2) is 47.5 Å². The molecule has 11 heteroatoms. The molecule has 3 aromatic rings. The van der Waals surface area contributed by atoms with Gasteiger partial charge in [-0.3, -0.25) is 14.4 Å². The van der Waals surface area contributed by atoms with Crippen LogP contribution in [0.25, 0.3) is 11.3 Å². The number of benzene rings is 1. The molecular formula is C29H35FN6O3S. The van der Waals surface area contributed by atoms with E-state index in [1.54, 1.807) is 25.2 Å². The van der Waals surface area contributed by atoms with E-state index >= 15 is 0 Å². The minimum atomic E-state index is -1.01. The van der Waals surface area contributed by atoms with E-state index in [1.165, 1.54) is 6.07 Å². The Labute approximate surface area is 238 Å². The lowest BCUT2D eigenvalue weighted by molar-refractivity contribution is -0.126. The molecule has 1 aromatic carbocycles. The number of carbonyl (C=O) groups is 1. The Morgan fingerprint density at radius 2 is 1.90 bits per heavy atom. The van der Waals surface area contributed by atoms with Gasteiger partial charge in [0.1, 0.15) is 5.82 Å². The fraction of sp³-hybridized carbons (Fsp3) is 0.379. The summed E-state index contributed by atoms with van der Waals surface area (Å²) in [7, 11) is 3.64. The maximum absolute atomic E-state index is 15.0. The van der Waals surface area contributed by atoms with Crippen LogP contribution in [0.4, 0.5) is 4.39 Å². The second-order valence-corrected chi connectivity index (χ2v) is 11.2. The molecule has 3 N–H and O–H groups in total. The summed E-state index contributed by atoms with van der Waals surface area (Å²) in [6.45, 7) is 8.97. The summed E-state index contributed by atoms with van der Waals surface area (Å²) in [5.41, 5.74) is 8.72. The maximum Gasteiger partial charge on any atom is 0.254 e. The molecule has 1 aliphatic heterocycles. The van der Waals surface area contributed by atoms with Crippen molar-refractivity contribution in [2.45, 2.75) is 40.2 Å². The van der Waals surface area contributed by atoms with Gasteiger partial charge in [-0.2, -0.15) is 4.99 Å². The van der Waals surface area contributed by atoms with E-state index in [0.29, 0.717) is 40.9 Å². The quantitative estimate of drug-likeness (QED) is 0.160. The lowest BCUT2D eigenvalue weighted by Gasteiger charge is -2.36. The summed E-state index contributed by atoms with van der Waals surface area (Å²) in [6.07, 6.45) is 0. The minimum Gasteiger partial charge on any atom is -0.420 e. The van der Waals surface area contributed by atoms with Crippen LogP contribution < -0.4 is 15.2 Å². The van der Waals surface area contributed by atoms with Gasteiger partial charge in [-0.15, -0.1) is 0 Å². The Balaban J connectivity index is 1.69. The summed E-state index contributed by atoms with van der Waals surface area (Å²) in [5.74, 6) is -0.529. The topological polar surface area (TPSA) is 115 Å². The van der Waals surface area contributed by atoms with Crippen LogP contribution in [0.3, 0.4) is 0 Å². The van der Waals surface area contributed by atoms with Gasteiger partial charge in [0.15, 0.2) is 5.17 Å². The molecule has 0 bridgehead atoms. The van der Waals surface area contributed by atoms with Crippen LogP contribution in [-0.2, 0) is 16.1 Å². The lowest BCUT2D eigenvalue weighted by Crippen LogP contribution is -2.34. The maximum atomic E-state index is 15.0. The van der Waals surface area contributed by atoms with Gasteiger partial charge in [0.25, 0.3) is 5.91 Å². The highest BCUT2D eigenvalue weighted by atomic mass is 32.2. The van der Waals surface area contributed by atoms with E-state index in [1.807, 2.05) is 57.8 Å². The van der Waals surface area contributed by atoms with E-state index < -0.39 is 11.3 Å². The van der Waals surface area contributed by atoms with E-state index in [9.17, 15) is 9.18 Å². The zero-order chi connectivity index (χ0) is 29.0. The number of hydrogen-bond donors (Lipinski definition) is 2. The summed E-state index contributed by atoms with van der Waals surface area (Å²) < 4.78 is 29.5. The molecule has 4 rings (SSSR count). The number of nitrogens with two attached hydrogens (primary N) is 1. The van der Waals surface area contributed by atoms with Crippen LogP contribution >= 0.6 is 11.9 Å². The monoisotopic (exact) mass is 566 g/mol. The third-order valence-corrected chi connectivity index (χ3v) is 7.39. The summed E-state index contributed by atoms with van der Waals surface area (Å²) in [4.78, 5) is 28.8. The molecule has 1 aliphatic rings. The Morgan fingerprint density at radius 1 is 1.20 bits per heavy atom. The highest BCUT2D eigenvalue weighted by Crippen LogP contribution is 2.51. The lowest BCUT2D eigenvalue weighted by atomic mass is 9.70. The first-order valence-electron chi connectivity index (χ1n) is 13.0. The van der Waals surface area contributed by atoms with Crippen molar-refractivity contribution >= 4 is 23.0 Å². The molecule has 1 atom stereocenters. The van der Waals surface area contributed by atoms with Gasteiger partial charge < -0.3 is 15.2 Å². The first kappa shape index (κ1) is 29.6. The summed E-state index contributed by atoms with van der Waals surface area (Å²) >= 11 is 1.07. The van der Waals surface area contributed by atoms with Crippen molar-refractivity contribution in [1.29, 1.82) is 0 Å². The molecule has 40 heavy (non-hydrogen) atoms. The van der Waals surface area contributed by atoms with Crippen molar-refractivity contribution in [1.82, 2.24) is 19.6 Å². The van der Waals surface area contributed by atoms with Gasteiger partial charge in [-0.05, 0) is 57.7 Å². The van der Waals surface area contributed by atoms with Gasteiger partial charge in [0.2, 0.25) is 11.8 Å². The minimum absolute atomic E-state index is 0.122. The number of nitrogens with one attached hydrogen (secondary N) is 1. The van der Waals surface area contributed by atoms with E-state index in [2.05, 4.69) is 14.7 Å². The molecular weight excluding hydrogens is 531 g/mol. The smallest absolute Gasteiger partial charge is 0.254 e. The number of carbonyl (C=O) groups excluding carboxylic acids is 1. The molecule has 0 fully saturated rings. The van der Waals surface area contributed by atoms with Gasteiger partial charge in [0, 0.05) is 33.9 Å². The number of nitrogens with zero attached hydrogens (tertiary/aromatic N) is 4.